The Bertz CT molecular complexity index is 619. The van der Waals surface area contributed by atoms with Crippen LogP contribution in [0.15, 0.2) is 18.2 Å². The van der Waals surface area contributed by atoms with E-state index in [1.165, 1.54) is 6.26 Å². The SMILES string of the molecule is Cc1ccc(C(=O)O[C@@H]2CC[C@@H](S(C)(=O)=O)C2)c(C)c1. The molecule has 0 saturated heterocycles. The molecule has 1 fully saturated rings. The predicted octanol–water partition coefficient (Wildman–Crippen LogP) is 2.43. The van der Waals surface area contributed by atoms with Crippen LogP contribution in [-0.2, 0) is 14.6 Å². The Morgan fingerprint density at radius 1 is 1.25 bits per heavy atom. The summed E-state index contributed by atoms with van der Waals surface area (Å²) in [5.74, 6) is -0.360. The maximum atomic E-state index is 12.1. The Hall–Kier alpha value is -1.36. The zero-order valence-electron chi connectivity index (χ0n) is 12.0. The van der Waals surface area contributed by atoms with E-state index in [1.54, 1.807) is 6.07 Å². The first-order valence-corrected chi connectivity index (χ1v) is 8.70. The van der Waals surface area contributed by atoms with Gasteiger partial charge >= 0.3 is 5.97 Å². The highest BCUT2D eigenvalue weighted by molar-refractivity contribution is 7.91. The summed E-state index contributed by atoms with van der Waals surface area (Å²) >= 11 is 0. The Morgan fingerprint density at radius 3 is 2.50 bits per heavy atom. The molecule has 0 radical (unpaired) electrons. The van der Waals surface area contributed by atoms with Crippen LogP contribution < -0.4 is 0 Å². The Kier molecular flexibility index (Phi) is 4.18. The summed E-state index contributed by atoms with van der Waals surface area (Å²) in [6, 6.07) is 5.57. The second-order valence-corrected chi connectivity index (χ2v) is 7.94. The van der Waals surface area contributed by atoms with Crippen molar-refractivity contribution in [1.29, 1.82) is 0 Å². The van der Waals surface area contributed by atoms with Crippen molar-refractivity contribution in [3.63, 3.8) is 0 Å². The quantitative estimate of drug-likeness (QED) is 0.804. The molecular formula is C15H20O4S. The van der Waals surface area contributed by atoms with E-state index in [2.05, 4.69) is 0 Å². The highest BCUT2D eigenvalue weighted by atomic mass is 32.2. The summed E-state index contributed by atoms with van der Waals surface area (Å²) in [5, 5.41) is -0.376. The third-order valence-electron chi connectivity index (χ3n) is 3.82. The molecule has 1 aliphatic rings. The van der Waals surface area contributed by atoms with Crippen LogP contribution in [0.2, 0.25) is 0 Å². The fourth-order valence-corrected chi connectivity index (χ4v) is 3.78. The number of hydrogen-bond acceptors (Lipinski definition) is 4. The molecule has 2 atom stereocenters. The second-order valence-electron chi connectivity index (χ2n) is 5.61. The molecular weight excluding hydrogens is 276 g/mol. The Balaban J connectivity index is 2.03. The van der Waals surface area contributed by atoms with Crippen LogP contribution in [0.5, 0.6) is 0 Å². The van der Waals surface area contributed by atoms with Gasteiger partial charge in [0, 0.05) is 12.7 Å². The third-order valence-corrected chi connectivity index (χ3v) is 5.46. The average molecular weight is 296 g/mol. The maximum absolute atomic E-state index is 12.1. The molecule has 110 valence electrons. The number of benzene rings is 1. The van der Waals surface area contributed by atoms with Crippen LogP contribution in [0, 0.1) is 13.8 Å². The molecule has 1 aliphatic carbocycles. The third kappa shape index (κ3) is 3.39. The largest absolute Gasteiger partial charge is 0.459 e. The van der Waals surface area contributed by atoms with Gasteiger partial charge in [0.15, 0.2) is 0 Å². The predicted molar refractivity (Wildman–Crippen MR) is 77.6 cm³/mol. The first-order valence-electron chi connectivity index (χ1n) is 6.74. The van der Waals surface area contributed by atoms with E-state index >= 15 is 0 Å². The number of hydrogen-bond donors (Lipinski definition) is 0. The van der Waals surface area contributed by atoms with Crippen molar-refractivity contribution >= 4 is 15.8 Å². The van der Waals surface area contributed by atoms with Crippen molar-refractivity contribution in [2.75, 3.05) is 6.26 Å². The molecule has 0 aromatic heterocycles. The van der Waals surface area contributed by atoms with Crippen molar-refractivity contribution in [3.8, 4) is 0 Å². The summed E-state index contributed by atoms with van der Waals surface area (Å²) in [6.07, 6.45) is 2.56. The van der Waals surface area contributed by atoms with E-state index in [1.807, 2.05) is 26.0 Å². The van der Waals surface area contributed by atoms with Gasteiger partial charge in [0.25, 0.3) is 0 Å². The first-order chi connectivity index (χ1) is 9.27. The lowest BCUT2D eigenvalue weighted by Gasteiger charge is -2.13. The van der Waals surface area contributed by atoms with Crippen LogP contribution in [0.3, 0.4) is 0 Å². The zero-order valence-corrected chi connectivity index (χ0v) is 12.9. The minimum Gasteiger partial charge on any atom is -0.459 e. The number of aryl methyl sites for hydroxylation is 2. The molecule has 1 saturated carbocycles. The van der Waals surface area contributed by atoms with Gasteiger partial charge in [-0.1, -0.05) is 17.7 Å². The van der Waals surface area contributed by atoms with E-state index in [-0.39, 0.29) is 17.3 Å². The van der Waals surface area contributed by atoms with Gasteiger partial charge in [-0.25, -0.2) is 13.2 Å². The highest BCUT2D eigenvalue weighted by Gasteiger charge is 2.33. The summed E-state index contributed by atoms with van der Waals surface area (Å²) in [5.41, 5.74) is 2.53. The summed E-state index contributed by atoms with van der Waals surface area (Å²) in [7, 11) is -3.04. The molecule has 0 aliphatic heterocycles. The Morgan fingerprint density at radius 2 is 1.95 bits per heavy atom. The Labute approximate surface area is 120 Å². The topological polar surface area (TPSA) is 60.4 Å². The number of sulfone groups is 1. The lowest BCUT2D eigenvalue weighted by molar-refractivity contribution is 0.0317. The van der Waals surface area contributed by atoms with E-state index in [4.69, 9.17) is 4.74 Å². The molecule has 5 heteroatoms. The first kappa shape index (κ1) is 15.0. The van der Waals surface area contributed by atoms with Crippen molar-refractivity contribution in [1.82, 2.24) is 0 Å². The summed E-state index contributed by atoms with van der Waals surface area (Å²) in [4.78, 5) is 12.1. The van der Waals surface area contributed by atoms with Crippen LogP contribution in [0.25, 0.3) is 0 Å². The molecule has 0 bridgehead atoms. The number of carbonyl (C=O) groups is 1. The smallest absolute Gasteiger partial charge is 0.338 e. The molecule has 0 N–H and O–H groups in total. The zero-order chi connectivity index (χ0) is 14.9. The summed E-state index contributed by atoms with van der Waals surface area (Å²) < 4.78 is 28.4. The van der Waals surface area contributed by atoms with Gasteiger partial charge in [-0.3, -0.25) is 0 Å². The minimum atomic E-state index is -3.04. The normalized spacial score (nSPS) is 22.8. The van der Waals surface area contributed by atoms with Gasteiger partial charge in [-0.2, -0.15) is 0 Å². The molecule has 0 unspecified atom stereocenters. The standard InChI is InChI=1S/C15H20O4S/c1-10-4-7-14(11(2)8-10)15(16)19-12-5-6-13(9-12)20(3,17)18/h4,7-8,12-13H,5-6,9H2,1-3H3/t12-,13-/m1/s1. The lowest BCUT2D eigenvalue weighted by Crippen LogP contribution is -2.20. The monoisotopic (exact) mass is 296 g/mol. The van der Waals surface area contributed by atoms with Gasteiger partial charge in [0.2, 0.25) is 0 Å². The van der Waals surface area contributed by atoms with Crippen LogP contribution in [0.1, 0.15) is 40.7 Å². The number of ether oxygens (including phenoxy) is 1. The lowest BCUT2D eigenvalue weighted by atomic mass is 10.1. The fraction of sp³-hybridized carbons (Fsp3) is 0.533. The van der Waals surface area contributed by atoms with Crippen LogP contribution in [0.4, 0.5) is 0 Å². The maximum Gasteiger partial charge on any atom is 0.338 e. The van der Waals surface area contributed by atoms with Crippen LogP contribution >= 0.6 is 0 Å². The molecule has 0 amide bonds. The van der Waals surface area contributed by atoms with Crippen molar-refractivity contribution < 1.29 is 17.9 Å². The molecule has 2 rings (SSSR count). The van der Waals surface area contributed by atoms with Gasteiger partial charge in [0.1, 0.15) is 15.9 Å². The van der Waals surface area contributed by atoms with Crippen molar-refractivity contribution in [2.24, 2.45) is 0 Å². The van der Waals surface area contributed by atoms with E-state index < -0.39 is 9.84 Å². The molecule has 20 heavy (non-hydrogen) atoms. The van der Waals surface area contributed by atoms with Gasteiger partial charge in [-0.15, -0.1) is 0 Å². The highest BCUT2D eigenvalue weighted by Crippen LogP contribution is 2.28. The number of carbonyl (C=O) groups excluding carboxylic acids is 1. The molecule has 0 spiro atoms. The molecule has 1 aromatic rings. The number of rotatable bonds is 3. The van der Waals surface area contributed by atoms with E-state index in [0.29, 0.717) is 24.8 Å². The second kappa shape index (κ2) is 5.56. The van der Waals surface area contributed by atoms with Crippen molar-refractivity contribution in [3.05, 3.63) is 34.9 Å². The minimum absolute atomic E-state index is 0.289. The van der Waals surface area contributed by atoms with Crippen molar-refractivity contribution in [2.45, 2.75) is 44.5 Å². The summed E-state index contributed by atoms with van der Waals surface area (Å²) in [6.45, 7) is 3.84. The van der Waals surface area contributed by atoms with E-state index in [9.17, 15) is 13.2 Å². The van der Waals surface area contributed by atoms with Gasteiger partial charge < -0.3 is 4.74 Å². The van der Waals surface area contributed by atoms with E-state index in [0.717, 1.165) is 11.1 Å². The molecule has 0 heterocycles. The average Bonchev–Trinajstić information content (AvgIpc) is 2.76. The van der Waals surface area contributed by atoms with Crippen LogP contribution in [-0.4, -0.2) is 32.0 Å². The van der Waals surface area contributed by atoms with Gasteiger partial charge in [-0.05, 0) is 38.3 Å². The fourth-order valence-electron chi connectivity index (χ4n) is 2.65. The number of esters is 1. The molecule has 4 nitrogen and oxygen atoms in total. The molecule has 1 aromatic carbocycles. The van der Waals surface area contributed by atoms with Gasteiger partial charge in [0.05, 0.1) is 10.8 Å².